The Balaban J connectivity index is 1.38. The van der Waals surface area contributed by atoms with Crippen LogP contribution in [0.1, 0.15) is 36.3 Å². The van der Waals surface area contributed by atoms with E-state index in [1.807, 2.05) is 42.5 Å². The van der Waals surface area contributed by atoms with Crippen molar-refractivity contribution >= 4 is 11.8 Å². The Kier molecular flexibility index (Phi) is 4.94. The molecule has 0 spiro atoms. The first kappa shape index (κ1) is 17.7. The lowest BCUT2D eigenvalue weighted by molar-refractivity contribution is -0.140. The molecule has 2 aliphatic rings. The van der Waals surface area contributed by atoms with Crippen molar-refractivity contribution in [3.8, 4) is 5.75 Å². The molecule has 0 unspecified atom stereocenters. The van der Waals surface area contributed by atoms with Crippen molar-refractivity contribution < 1.29 is 14.7 Å². The van der Waals surface area contributed by atoms with Gasteiger partial charge >= 0.3 is 0 Å². The number of phenolic OH excluding ortho intramolecular Hbond substituents is 1. The Morgan fingerprint density at radius 1 is 0.926 bits per heavy atom. The standard InChI is InChI=1S/C22H24N2O3/c25-19-8-6-17(7-9-19)18-10-12-23(13-11-18)20-14-21(26)24(22(20)27)15-16-4-2-1-3-5-16/h1-9,18,20,25H,10-15H2/t20-/m0/s1. The molecule has 2 aromatic rings. The fraction of sp³-hybridized carbons (Fsp3) is 0.364. The van der Waals surface area contributed by atoms with Crippen LogP contribution in [0.5, 0.6) is 5.75 Å². The Bertz CT molecular complexity index is 811. The average molecular weight is 364 g/mol. The van der Waals surface area contributed by atoms with E-state index in [-0.39, 0.29) is 30.0 Å². The van der Waals surface area contributed by atoms with E-state index < -0.39 is 0 Å². The summed E-state index contributed by atoms with van der Waals surface area (Å²) in [5, 5.41) is 9.44. The highest BCUT2D eigenvalue weighted by Gasteiger charge is 2.42. The maximum absolute atomic E-state index is 12.8. The highest BCUT2D eigenvalue weighted by Crippen LogP contribution is 2.32. The Morgan fingerprint density at radius 2 is 1.59 bits per heavy atom. The van der Waals surface area contributed by atoms with Gasteiger partial charge in [0.1, 0.15) is 5.75 Å². The number of amides is 2. The minimum Gasteiger partial charge on any atom is -0.508 e. The van der Waals surface area contributed by atoms with Crippen LogP contribution in [0.25, 0.3) is 0 Å². The molecule has 2 heterocycles. The molecule has 1 N–H and O–H groups in total. The molecule has 2 fully saturated rings. The second-order valence-corrected chi connectivity index (χ2v) is 7.43. The van der Waals surface area contributed by atoms with Gasteiger partial charge in [0, 0.05) is 0 Å². The molecule has 27 heavy (non-hydrogen) atoms. The number of likely N-dealkylation sites (tertiary alicyclic amines) is 2. The van der Waals surface area contributed by atoms with E-state index >= 15 is 0 Å². The summed E-state index contributed by atoms with van der Waals surface area (Å²) in [5.41, 5.74) is 2.21. The second kappa shape index (κ2) is 7.53. The summed E-state index contributed by atoms with van der Waals surface area (Å²) in [6.45, 7) is 1.99. The largest absolute Gasteiger partial charge is 0.508 e. The zero-order valence-corrected chi connectivity index (χ0v) is 15.3. The highest BCUT2D eigenvalue weighted by molar-refractivity contribution is 6.05. The van der Waals surface area contributed by atoms with Crippen LogP contribution in [0.15, 0.2) is 54.6 Å². The number of phenols is 1. The molecule has 0 aromatic heterocycles. The molecule has 0 radical (unpaired) electrons. The van der Waals surface area contributed by atoms with Crippen molar-refractivity contribution in [2.75, 3.05) is 13.1 Å². The zero-order chi connectivity index (χ0) is 18.8. The molecule has 140 valence electrons. The van der Waals surface area contributed by atoms with Gasteiger partial charge in [-0.25, -0.2) is 0 Å². The van der Waals surface area contributed by atoms with Crippen molar-refractivity contribution in [3.05, 3.63) is 65.7 Å². The lowest BCUT2D eigenvalue weighted by atomic mass is 9.89. The van der Waals surface area contributed by atoms with Crippen LogP contribution in [-0.2, 0) is 16.1 Å². The van der Waals surface area contributed by atoms with Crippen LogP contribution >= 0.6 is 0 Å². The number of hydrogen-bond donors (Lipinski definition) is 1. The van der Waals surface area contributed by atoms with Crippen LogP contribution < -0.4 is 0 Å². The summed E-state index contributed by atoms with van der Waals surface area (Å²) in [5.74, 6) is 0.584. The summed E-state index contributed by atoms with van der Waals surface area (Å²) in [6, 6.07) is 16.7. The van der Waals surface area contributed by atoms with E-state index in [1.54, 1.807) is 12.1 Å². The topological polar surface area (TPSA) is 60.9 Å². The average Bonchev–Trinajstić information content (AvgIpc) is 2.98. The predicted octanol–water partition coefficient (Wildman–Crippen LogP) is 2.90. The van der Waals surface area contributed by atoms with E-state index in [1.165, 1.54) is 10.5 Å². The first-order chi connectivity index (χ1) is 13.1. The smallest absolute Gasteiger partial charge is 0.247 e. The maximum Gasteiger partial charge on any atom is 0.247 e. The van der Waals surface area contributed by atoms with E-state index in [9.17, 15) is 14.7 Å². The monoisotopic (exact) mass is 364 g/mol. The number of imide groups is 1. The summed E-state index contributed by atoms with van der Waals surface area (Å²) in [6.07, 6.45) is 2.21. The van der Waals surface area contributed by atoms with Crippen LogP contribution in [0.2, 0.25) is 0 Å². The summed E-state index contributed by atoms with van der Waals surface area (Å²) < 4.78 is 0. The van der Waals surface area contributed by atoms with Crippen LogP contribution in [0.3, 0.4) is 0 Å². The van der Waals surface area contributed by atoms with E-state index in [4.69, 9.17) is 0 Å². The van der Waals surface area contributed by atoms with Crippen LogP contribution in [-0.4, -0.2) is 45.9 Å². The van der Waals surface area contributed by atoms with Gasteiger partial charge in [-0.3, -0.25) is 19.4 Å². The lowest BCUT2D eigenvalue weighted by Crippen LogP contribution is -2.45. The van der Waals surface area contributed by atoms with Crippen molar-refractivity contribution in [3.63, 3.8) is 0 Å². The normalized spacial score (nSPS) is 21.8. The number of hydrogen-bond acceptors (Lipinski definition) is 4. The van der Waals surface area contributed by atoms with E-state index in [2.05, 4.69) is 4.90 Å². The maximum atomic E-state index is 12.8. The fourth-order valence-corrected chi connectivity index (χ4v) is 4.17. The molecule has 4 rings (SSSR count). The SMILES string of the molecule is O=C1C[C@H](N2CCC(c3ccc(O)cc3)CC2)C(=O)N1Cc1ccccc1. The number of piperidine rings is 1. The molecule has 0 bridgehead atoms. The third-order valence-electron chi connectivity index (χ3n) is 5.74. The highest BCUT2D eigenvalue weighted by atomic mass is 16.3. The molecule has 2 amide bonds. The van der Waals surface area contributed by atoms with Gasteiger partial charge in [0.05, 0.1) is 19.0 Å². The summed E-state index contributed by atoms with van der Waals surface area (Å²) in [4.78, 5) is 28.8. The number of rotatable bonds is 4. The Labute approximate surface area is 159 Å². The van der Waals surface area contributed by atoms with Gasteiger partial charge < -0.3 is 5.11 Å². The molecule has 2 aromatic carbocycles. The summed E-state index contributed by atoms with van der Waals surface area (Å²) in [7, 11) is 0. The quantitative estimate of drug-likeness (QED) is 0.848. The number of nitrogens with zero attached hydrogens (tertiary/aromatic N) is 2. The minimum atomic E-state index is -0.318. The zero-order valence-electron chi connectivity index (χ0n) is 15.3. The fourth-order valence-electron chi connectivity index (χ4n) is 4.17. The van der Waals surface area contributed by atoms with Gasteiger partial charge in [-0.15, -0.1) is 0 Å². The van der Waals surface area contributed by atoms with Crippen molar-refractivity contribution in [1.82, 2.24) is 9.80 Å². The van der Waals surface area contributed by atoms with Gasteiger partial charge in [-0.1, -0.05) is 42.5 Å². The number of aromatic hydroxyl groups is 1. The van der Waals surface area contributed by atoms with E-state index in [0.717, 1.165) is 31.5 Å². The van der Waals surface area contributed by atoms with Gasteiger partial charge in [0.2, 0.25) is 11.8 Å². The van der Waals surface area contributed by atoms with Crippen molar-refractivity contribution in [2.45, 2.75) is 37.8 Å². The van der Waals surface area contributed by atoms with Gasteiger partial charge in [-0.2, -0.15) is 0 Å². The molecule has 2 aliphatic heterocycles. The first-order valence-corrected chi connectivity index (χ1v) is 9.53. The third kappa shape index (κ3) is 3.74. The Hall–Kier alpha value is -2.66. The molecule has 1 atom stereocenters. The molecule has 2 saturated heterocycles. The van der Waals surface area contributed by atoms with Crippen LogP contribution in [0, 0.1) is 0 Å². The molecular formula is C22H24N2O3. The van der Waals surface area contributed by atoms with Gasteiger partial charge in [0.15, 0.2) is 0 Å². The molecule has 5 nitrogen and oxygen atoms in total. The van der Waals surface area contributed by atoms with Crippen molar-refractivity contribution in [1.29, 1.82) is 0 Å². The number of benzene rings is 2. The molecule has 0 saturated carbocycles. The first-order valence-electron chi connectivity index (χ1n) is 9.53. The predicted molar refractivity (Wildman–Crippen MR) is 102 cm³/mol. The molecule has 0 aliphatic carbocycles. The molecular weight excluding hydrogens is 340 g/mol. The summed E-state index contributed by atoms with van der Waals surface area (Å²) >= 11 is 0. The van der Waals surface area contributed by atoms with Crippen molar-refractivity contribution in [2.24, 2.45) is 0 Å². The third-order valence-corrected chi connectivity index (χ3v) is 5.74. The van der Waals surface area contributed by atoms with Crippen LogP contribution in [0.4, 0.5) is 0 Å². The van der Waals surface area contributed by atoms with E-state index in [0.29, 0.717) is 12.5 Å². The number of carbonyl (C=O) groups excluding carboxylic acids is 2. The second-order valence-electron chi connectivity index (χ2n) is 7.43. The van der Waals surface area contributed by atoms with Gasteiger partial charge in [-0.05, 0) is 55.1 Å². The molecule has 5 heteroatoms. The lowest BCUT2D eigenvalue weighted by Gasteiger charge is -2.35. The van der Waals surface area contributed by atoms with Gasteiger partial charge in [0.25, 0.3) is 0 Å². The minimum absolute atomic E-state index is 0.0630. The Morgan fingerprint density at radius 3 is 2.26 bits per heavy atom. The number of carbonyl (C=O) groups is 2.